The number of imidazole rings is 1. The lowest BCUT2D eigenvalue weighted by Crippen LogP contribution is -2.03. The molecule has 0 aliphatic carbocycles. The molecule has 0 aliphatic rings. The second-order valence-corrected chi connectivity index (χ2v) is 5.76. The van der Waals surface area contributed by atoms with Crippen molar-refractivity contribution in [3.05, 3.63) is 65.7 Å². The van der Waals surface area contributed by atoms with Gasteiger partial charge in [0.2, 0.25) is 5.95 Å². The Bertz CT molecular complexity index is 875. The van der Waals surface area contributed by atoms with Gasteiger partial charge in [-0.2, -0.15) is 0 Å². The summed E-state index contributed by atoms with van der Waals surface area (Å²) in [6.07, 6.45) is 0.388. The van der Waals surface area contributed by atoms with Crippen molar-refractivity contribution in [3.63, 3.8) is 0 Å². The van der Waals surface area contributed by atoms with Crippen LogP contribution in [0.15, 0.2) is 54.6 Å². The van der Waals surface area contributed by atoms with Crippen LogP contribution in [0.25, 0.3) is 11.0 Å². The van der Waals surface area contributed by atoms with Gasteiger partial charge >= 0.3 is 0 Å². The van der Waals surface area contributed by atoms with Crippen molar-refractivity contribution in [2.75, 3.05) is 5.32 Å². The van der Waals surface area contributed by atoms with E-state index in [2.05, 4.69) is 21.9 Å². The van der Waals surface area contributed by atoms with Crippen LogP contribution >= 0.6 is 0 Å². The summed E-state index contributed by atoms with van der Waals surface area (Å²) in [5.41, 5.74) is 5.61. The quantitative estimate of drug-likeness (QED) is 0.691. The largest absolute Gasteiger partial charge is 0.326 e. The molecule has 0 aliphatic heterocycles. The molecule has 23 heavy (non-hydrogen) atoms. The maximum atomic E-state index is 11.7. The Morgan fingerprint density at radius 2 is 1.96 bits per heavy atom. The van der Waals surface area contributed by atoms with E-state index < -0.39 is 0 Å². The Hall–Kier alpha value is -2.88. The molecular weight excluding hydrogens is 286 g/mol. The third-order valence-electron chi connectivity index (χ3n) is 3.77. The number of aromatic amines is 1. The molecule has 0 spiro atoms. The number of benzene rings is 2. The monoisotopic (exact) mass is 305 g/mol. The number of aromatic nitrogens is 2. The van der Waals surface area contributed by atoms with Crippen molar-refractivity contribution in [3.8, 4) is 0 Å². The molecule has 0 bridgehead atoms. The number of H-pyrrole nitrogens is 1. The molecule has 0 saturated heterocycles. The van der Waals surface area contributed by atoms with E-state index in [1.807, 2.05) is 49.4 Å². The van der Waals surface area contributed by atoms with Crippen LogP contribution < -0.4 is 5.32 Å². The fourth-order valence-electron chi connectivity index (χ4n) is 2.41. The number of para-hydroxylation sites is 1. The van der Waals surface area contributed by atoms with Gasteiger partial charge in [0.25, 0.3) is 0 Å². The van der Waals surface area contributed by atoms with Crippen LogP contribution in [0.2, 0.25) is 0 Å². The zero-order valence-corrected chi connectivity index (χ0v) is 13.3. The van der Waals surface area contributed by atoms with Gasteiger partial charge < -0.3 is 10.3 Å². The van der Waals surface area contributed by atoms with E-state index in [9.17, 15) is 4.79 Å². The number of carbonyl (C=O) groups is 1. The second-order valence-electron chi connectivity index (χ2n) is 5.76. The van der Waals surface area contributed by atoms with E-state index in [0.717, 1.165) is 27.8 Å². The van der Waals surface area contributed by atoms with Gasteiger partial charge in [-0.05, 0) is 48.7 Å². The van der Waals surface area contributed by atoms with E-state index in [0.29, 0.717) is 17.9 Å². The zero-order chi connectivity index (χ0) is 16.4. The first kappa shape index (κ1) is 15.0. The average Bonchev–Trinajstić information content (AvgIpc) is 2.93. The molecule has 3 rings (SSSR count). The predicted molar refractivity (Wildman–Crippen MR) is 94.1 cm³/mol. The lowest BCUT2D eigenvalue weighted by atomic mass is 10.1. The van der Waals surface area contributed by atoms with E-state index in [1.165, 1.54) is 0 Å². The molecule has 2 aromatic carbocycles. The van der Waals surface area contributed by atoms with Crippen LogP contribution in [0.4, 0.5) is 11.6 Å². The molecule has 4 nitrogen and oxygen atoms in total. The van der Waals surface area contributed by atoms with Gasteiger partial charge in [-0.25, -0.2) is 4.98 Å². The summed E-state index contributed by atoms with van der Waals surface area (Å²) in [5, 5.41) is 3.25. The van der Waals surface area contributed by atoms with Crippen LogP contribution in [0.1, 0.15) is 18.1 Å². The van der Waals surface area contributed by atoms with Gasteiger partial charge in [0.05, 0.1) is 11.0 Å². The Labute approximate surface area is 135 Å². The number of hydrogen-bond donors (Lipinski definition) is 2. The van der Waals surface area contributed by atoms with Gasteiger partial charge in [0.1, 0.15) is 0 Å². The first-order valence-corrected chi connectivity index (χ1v) is 7.53. The number of ketones is 1. The van der Waals surface area contributed by atoms with Crippen molar-refractivity contribution in [2.45, 2.75) is 20.3 Å². The van der Waals surface area contributed by atoms with E-state index in [4.69, 9.17) is 0 Å². The van der Waals surface area contributed by atoms with Gasteiger partial charge in [-0.3, -0.25) is 4.79 Å². The minimum Gasteiger partial charge on any atom is -0.326 e. The topological polar surface area (TPSA) is 57.8 Å². The summed E-state index contributed by atoms with van der Waals surface area (Å²) in [6.45, 7) is 7.46. The first-order chi connectivity index (χ1) is 11.0. The number of allylic oxidation sites excluding steroid dienone is 1. The number of nitrogens with zero attached hydrogens (tertiary/aromatic N) is 1. The van der Waals surface area contributed by atoms with Crippen molar-refractivity contribution in [1.29, 1.82) is 0 Å². The number of nitrogens with one attached hydrogen (secondary N) is 2. The van der Waals surface area contributed by atoms with Crippen molar-refractivity contribution in [1.82, 2.24) is 9.97 Å². The molecule has 0 saturated carbocycles. The minimum atomic E-state index is 0.0680. The molecule has 0 amide bonds. The zero-order valence-electron chi connectivity index (χ0n) is 13.3. The standard InChI is InChI=1S/C19H19N3O/c1-12(2)17(23)11-14-7-9-15(10-8-14)20-19-21-16-6-4-5-13(3)18(16)22-19/h4-10H,1,11H2,2-3H3,(H2,20,21,22). The molecule has 2 N–H and O–H groups in total. The third kappa shape index (κ3) is 3.31. The van der Waals surface area contributed by atoms with Crippen LogP contribution in [0, 0.1) is 6.92 Å². The first-order valence-electron chi connectivity index (χ1n) is 7.53. The number of Topliss-reactive ketones (excluding diaryl/α,β-unsaturated/α-hetero) is 1. The number of carbonyl (C=O) groups excluding carboxylic acids is 1. The Morgan fingerprint density at radius 1 is 1.22 bits per heavy atom. The molecule has 3 aromatic rings. The molecule has 0 atom stereocenters. The molecule has 0 radical (unpaired) electrons. The summed E-state index contributed by atoms with van der Waals surface area (Å²) in [7, 11) is 0. The maximum absolute atomic E-state index is 11.7. The van der Waals surface area contributed by atoms with Crippen molar-refractivity contribution < 1.29 is 4.79 Å². The summed E-state index contributed by atoms with van der Waals surface area (Å²) in [6, 6.07) is 13.8. The van der Waals surface area contributed by atoms with Gasteiger partial charge in [0, 0.05) is 12.1 Å². The van der Waals surface area contributed by atoms with Crippen LogP contribution in [-0.2, 0) is 11.2 Å². The minimum absolute atomic E-state index is 0.0680. The van der Waals surface area contributed by atoms with Crippen molar-refractivity contribution >= 4 is 28.5 Å². The summed E-state index contributed by atoms with van der Waals surface area (Å²) in [4.78, 5) is 19.5. The highest BCUT2D eigenvalue weighted by Gasteiger charge is 2.06. The summed E-state index contributed by atoms with van der Waals surface area (Å²) >= 11 is 0. The maximum Gasteiger partial charge on any atom is 0.205 e. The normalized spacial score (nSPS) is 10.7. The molecule has 1 aromatic heterocycles. The molecule has 1 heterocycles. The lowest BCUT2D eigenvalue weighted by Gasteiger charge is -2.05. The number of hydrogen-bond acceptors (Lipinski definition) is 3. The number of rotatable bonds is 5. The van der Waals surface area contributed by atoms with Gasteiger partial charge in [0.15, 0.2) is 5.78 Å². The average molecular weight is 305 g/mol. The highest BCUT2D eigenvalue weighted by atomic mass is 16.1. The molecular formula is C19H19N3O. The van der Waals surface area contributed by atoms with Crippen LogP contribution in [0.3, 0.4) is 0 Å². The van der Waals surface area contributed by atoms with Crippen LogP contribution in [-0.4, -0.2) is 15.8 Å². The lowest BCUT2D eigenvalue weighted by molar-refractivity contribution is -0.114. The number of fused-ring (bicyclic) bond motifs is 1. The summed E-state index contributed by atoms with van der Waals surface area (Å²) < 4.78 is 0. The van der Waals surface area contributed by atoms with Gasteiger partial charge in [-0.1, -0.05) is 30.8 Å². The fourth-order valence-corrected chi connectivity index (χ4v) is 2.41. The third-order valence-corrected chi connectivity index (χ3v) is 3.77. The van der Waals surface area contributed by atoms with E-state index in [1.54, 1.807) is 6.92 Å². The molecule has 0 fully saturated rings. The number of aryl methyl sites for hydroxylation is 1. The highest BCUT2D eigenvalue weighted by Crippen LogP contribution is 2.21. The smallest absolute Gasteiger partial charge is 0.205 e. The Balaban J connectivity index is 1.76. The highest BCUT2D eigenvalue weighted by molar-refractivity contribution is 5.95. The van der Waals surface area contributed by atoms with E-state index >= 15 is 0 Å². The molecule has 4 heteroatoms. The Morgan fingerprint density at radius 3 is 2.61 bits per heavy atom. The number of anilines is 2. The predicted octanol–water partition coefficient (Wildman–Crippen LogP) is 4.30. The van der Waals surface area contributed by atoms with E-state index in [-0.39, 0.29) is 5.78 Å². The van der Waals surface area contributed by atoms with Crippen LogP contribution in [0.5, 0.6) is 0 Å². The van der Waals surface area contributed by atoms with Crippen molar-refractivity contribution in [2.24, 2.45) is 0 Å². The molecule has 0 unspecified atom stereocenters. The Kier molecular flexibility index (Phi) is 3.98. The fraction of sp³-hybridized carbons (Fsp3) is 0.158. The SMILES string of the molecule is C=C(C)C(=O)Cc1ccc(Nc2nc3c(C)cccc3[nH]2)cc1. The van der Waals surface area contributed by atoms with Gasteiger partial charge in [-0.15, -0.1) is 0 Å². The molecule has 116 valence electrons. The second kappa shape index (κ2) is 6.08. The summed E-state index contributed by atoms with van der Waals surface area (Å²) in [5.74, 6) is 0.776.